The molecule has 0 amide bonds. The van der Waals surface area contributed by atoms with E-state index < -0.39 is 4.87 Å². The van der Waals surface area contributed by atoms with E-state index >= 15 is 0 Å². The zero-order valence-electron chi connectivity index (χ0n) is 9.13. The average Bonchev–Trinajstić information content (AvgIpc) is 2.62. The summed E-state index contributed by atoms with van der Waals surface area (Å²) in [6.45, 7) is 0. The number of ether oxygens (including phenoxy) is 1. The molecule has 0 unspecified atom stereocenters. The van der Waals surface area contributed by atoms with Gasteiger partial charge in [0.05, 0.1) is 17.3 Å². The third-order valence-electron chi connectivity index (χ3n) is 2.45. The van der Waals surface area contributed by atoms with Crippen LogP contribution in [0.4, 0.5) is 0 Å². The average molecular weight is 252 g/mol. The molecule has 2 aromatic rings. The van der Waals surface area contributed by atoms with Crippen molar-refractivity contribution >= 4 is 27.5 Å². The molecule has 0 N–H and O–H groups in total. The number of carbonyl (C=O) groups is 1. The highest BCUT2D eigenvalue weighted by Gasteiger charge is 2.05. The lowest BCUT2D eigenvalue weighted by atomic mass is 10.1. The van der Waals surface area contributed by atoms with Crippen LogP contribution in [0.5, 0.6) is 0 Å². The van der Waals surface area contributed by atoms with Crippen molar-refractivity contribution in [3.8, 4) is 0 Å². The number of aromatic nitrogens is 1. The van der Waals surface area contributed by atoms with Gasteiger partial charge in [0.15, 0.2) is 0 Å². The fraction of sp³-hybridized carbons (Fsp3) is 0.273. The second-order valence-electron chi connectivity index (χ2n) is 3.54. The van der Waals surface area contributed by atoms with Crippen LogP contribution in [0.2, 0.25) is 0 Å². The molecule has 1 aromatic heterocycles. The number of benzene rings is 1. The van der Waals surface area contributed by atoms with Gasteiger partial charge in [0.2, 0.25) is 0 Å². The summed E-state index contributed by atoms with van der Waals surface area (Å²) >= 11 is 0.912. The molecule has 0 fully saturated rings. The Hall–Kier alpha value is -1.82. The number of nitrogens with zero attached hydrogens (tertiary/aromatic N) is 1. The lowest BCUT2D eigenvalue weighted by molar-refractivity contribution is -0.140. The van der Waals surface area contributed by atoms with Crippen LogP contribution in [0.25, 0.3) is 10.2 Å². The third kappa shape index (κ3) is 2.31. The lowest BCUT2D eigenvalue weighted by Crippen LogP contribution is -2.04. The Kier molecular flexibility index (Phi) is 3.14. The summed E-state index contributed by atoms with van der Waals surface area (Å²) in [7, 11) is 1.34. The highest BCUT2D eigenvalue weighted by atomic mass is 32.1. The Bertz CT molecular complexity index is 613. The molecule has 0 saturated heterocycles. The molecule has 90 valence electrons. The van der Waals surface area contributed by atoms with Crippen LogP contribution < -0.4 is 4.87 Å². The zero-order chi connectivity index (χ0) is 12.4. The summed E-state index contributed by atoms with van der Waals surface area (Å²) in [5.41, 5.74) is 1.28. The fourth-order valence-corrected chi connectivity index (χ4v) is 2.38. The summed E-state index contributed by atoms with van der Waals surface area (Å²) in [6.07, 6.45) is 0.822. The van der Waals surface area contributed by atoms with Crippen LogP contribution in [-0.4, -0.2) is 17.8 Å². The quantitative estimate of drug-likeness (QED) is 0.776. The molecule has 0 spiro atoms. The van der Waals surface area contributed by atoms with Gasteiger partial charge in [-0.25, -0.2) is 0 Å². The van der Waals surface area contributed by atoms with Crippen LogP contribution in [0.1, 0.15) is 12.0 Å². The molecule has 0 bridgehead atoms. The molecule has 6 heteroatoms. The number of hydrogen-bond donors (Lipinski definition) is 0. The number of rotatable bonds is 3. The van der Waals surface area contributed by atoms with Gasteiger partial charge in [0.1, 0.15) is 0 Å². The minimum Gasteiger partial charge on any atom is -0.802 e. The maximum Gasteiger partial charge on any atom is 0.305 e. The Morgan fingerprint density at radius 1 is 1.53 bits per heavy atom. The van der Waals surface area contributed by atoms with E-state index in [9.17, 15) is 14.8 Å². The predicted octanol–water partition coefficient (Wildman–Crippen LogP) is 1.51. The molecule has 0 atom stereocenters. The number of esters is 1. The number of methoxy groups -OCH3 is 1. The SMILES string of the molecule is COC(=O)CCc1ccc2c(c1)sc(=O)n2[O-]. The van der Waals surface area contributed by atoms with Crippen LogP contribution in [0.15, 0.2) is 23.0 Å². The molecule has 0 radical (unpaired) electrons. The summed E-state index contributed by atoms with van der Waals surface area (Å²) < 4.78 is 5.57. The first-order valence-corrected chi connectivity index (χ1v) is 5.82. The number of hydrogen-bond acceptors (Lipinski definition) is 5. The van der Waals surface area contributed by atoms with Crippen molar-refractivity contribution in [1.82, 2.24) is 4.73 Å². The van der Waals surface area contributed by atoms with Gasteiger partial charge >= 0.3 is 10.8 Å². The normalized spacial score (nSPS) is 10.6. The summed E-state index contributed by atoms with van der Waals surface area (Å²) in [4.78, 5) is 21.6. The van der Waals surface area contributed by atoms with E-state index in [1.165, 1.54) is 7.11 Å². The second kappa shape index (κ2) is 4.58. The first-order valence-electron chi connectivity index (χ1n) is 5.00. The predicted molar refractivity (Wildman–Crippen MR) is 65.2 cm³/mol. The van der Waals surface area contributed by atoms with E-state index in [1.807, 2.05) is 0 Å². The maximum absolute atomic E-state index is 11.3. The second-order valence-corrected chi connectivity index (χ2v) is 4.53. The van der Waals surface area contributed by atoms with Crippen LogP contribution in [-0.2, 0) is 16.0 Å². The minimum absolute atomic E-state index is 0.278. The van der Waals surface area contributed by atoms with E-state index in [0.717, 1.165) is 16.9 Å². The number of carbonyl (C=O) groups excluding carboxylic acids is 1. The van der Waals surface area contributed by atoms with Gasteiger partial charge in [-0.2, -0.15) is 0 Å². The Morgan fingerprint density at radius 2 is 2.29 bits per heavy atom. The van der Waals surface area contributed by atoms with Crippen molar-refractivity contribution in [1.29, 1.82) is 0 Å². The van der Waals surface area contributed by atoms with Gasteiger partial charge in [-0.1, -0.05) is 17.4 Å². The van der Waals surface area contributed by atoms with Crippen molar-refractivity contribution in [2.24, 2.45) is 0 Å². The maximum atomic E-state index is 11.3. The highest BCUT2D eigenvalue weighted by Crippen LogP contribution is 2.19. The number of fused-ring (bicyclic) bond motifs is 1. The lowest BCUT2D eigenvalue weighted by Gasteiger charge is -2.05. The van der Waals surface area contributed by atoms with Crippen LogP contribution in [0, 0.1) is 5.21 Å². The largest absolute Gasteiger partial charge is 0.802 e. The van der Waals surface area contributed by atoms with E-state index in [1.54, 1.807) is 18.2 Å². The first kappa shape index (κ1) is 11.7. The van der Waals surface area contributed by atoms with Crippen molar-refractivity contribution in [2.45, 2.75) is 12.8 Å². The Labute approximate surface area is 101 Å². The Balaban J connectivity index is 2.26. The van der Waals surface area contributed by atoms with Gasteiger partial charge in [0, 0.05) is 6.42 Å². The monoisotopic (exact) mass is 252 g/mol. The van der Waals surface area contributed by atoms with Gasteiger partial charge < -0.3 is 14.7 Å². The summed E-state index contributed by atoms with van der Waals surface area (Å²) in [6, 6.07) is 5.11. The molecular formula is C11H10NO4S-. The van der Waals surface area contributed by atoms with Gasteiger partial charge in [-0.15, -0.1) is 0 Å². The molecule has 0 saturated carbocycles. The Morgan fingerprint density at radius 3 is 3.00 bits per heavy atom. The van der Waals surface area contributed by atoms with Gasteiger partial charge in [-0.3, -0.25) is 9.59 Å². The number of thiazole rings is 1. The molecule has 17 heavy (non-hydrogen) atoms. The smallest absolute Gasteiger partial charge is 0.305 e. The molecule has 0 aliphatic rings. The zero-order valence-corrected chi connectivity index (χ0v) is 9.95. The van der Waals surface area contributed by atoms with E-state index in [-0.39, 0.29) is 12.4 Å². The number of aryl methyl sites for hydroxylation is 1. The van der Waals surface area contributed by atoms with Crippen molar-refractivity contribution in [3.05, 3.63) is 38.6 Å². The van der Waals surface area contributed by atoms with Gasteiger partial charge in [0.25, 0.3) is 0 Å². The van der Waals surface area contributed by atoms with Crippen molar-refractivity contribution < 1.29 is 9.53 Å². The standard InChI is InChI=1S/C11H10NO4S/c1-16-10(13)5-3-7-2-4-8-9(6-7)17-11(14)12(8)15/h2,4,6H,3,5H2,1H3/q-1. The van der Waals surface area contributed by atoms with Crippen LogP contribution >= 0.6 is 11.3 Å². The minimum atomic E-state index is -0.523. The summed E-state index contributed by atoms with van der Waals surface area (Å²) in [5, 5.41) is 11.3. The topological polar surface area (TPSA) is 71.4 Å². The molecule has 2 rings (SSSR count). The third-order valence-corrected chi connectivity index (χ3v) is 3.34. The van der Waals surface area contributed by atoms with E-state index in [0.29, 0.717) is 21.4 Å². The van der Waals surface area contributed by atoms with Crippen molar-refractivity contribution in [3.63, 3.8) is 0 Å². The summed E-state index contributed by atoms with van der Waals surface area (Å²) in [5.74, 6) is -0.278. The van der Waals surface area contributed by atoms with E-state index in [2.05, 4.69) is 4.74 Å². The molecular weight excluding hydrogens is 242 g/mol. The molecule has 0 aliphatic heterocycles. The molecule has 1 aromatic carbocycles. The first-order chi connectivity index (χ1) is 8.11. The van der Waals surface area contributed by atoms with E-state index in [4.69, 9.17) is 0 Å². The molecule has 1 heterocycles. The fourth-order valence-electron chi connectivity index (χ4n) is 1.55. The van der Waals surface area contributed by atoms with Crippen molar-refractivity contribution in [2.75, 3.05) is 7.11 Å². The van der Waals surface area contributed by atoms with Crippen LogP contribution in [0.3, 0.4) is 0 Å². The highest BCUT2D eigenvalue weighted by molar-refractivity contribution is 7.16. The van der Waals surface area contributed by atoms with Gasteiger partial charge in [-0.05, 0) is 24.1 Å². The molecule has 5 nitrogen and oxygen atoms in total. The molecule has 0 aliphatic carbocycles.